The number of likely N-dealkylation sites (tertiary alicyclic amines) is 1. The Morgan fingerprint density at radius 1 is 1.18 bits per heavy atom. The topological polar surface area (TPSA) is 15.3 Å². The van der Waals surface area contributed by atoms with Crippen molar-refractivity contribution in [1.29, 1.82) is 0 Å². The monoisotopic (exact) mass is 240 g/mol. The van der Waals surface area contributed by atoms with Gasteiger partial charge in [0, 0.05) is 12.6 Å². The number of hydrogen-bond acceptors (Lipinski definition) is 2. The normalized spacial score (nSPS) is 20.6. The van der Waals surface area contributed by atoms with Crippen molar-refractivity contribution in [2.75, 3.05) is 26.2 Å². The first-order valence-corrected chi connectivity index (χ1v) is 7.72. The molecule has 0 aromatic heterocycles. The number of nitrogens with one attached hydrogen (secondary N) is 1. The molecule has 17 heavy (non-hydrogen) atoms. The summed E-state index contributed by atoms with van der Waals surface area (Å²) in [6.45, 7) is 12.0. The molecular weight excluding hydrogens is 208 g/mol. The third-order valence-corrected chi connectivity index (χ3v) is 4.03. The van der Waals surface area contributed by atoms with Gasteiger partial charge in [0.2, 0.25) is 0 Å². The maximum absolute atomic E-state index is 3.73. The summed E-state index contributed by atoms with van der Waals surface area (Å²) in [6.07, 6.45) is 8.25. The second kappa shape index (κ2) is 8.93. The van der Waals surface area contributed by atoms with Gasteiger partial charge in [-0.15, -0.1) is 0 Å². The summed E-state index contributed by atoms with van der Waals surface area (Å²) in [4.78, 5) is 2.60. The van der Waals surface area contributed by atoms with E-state index in [1.54, 1.807) is 0 Å². The highest BCUT2D eigenvalue weighted by molar-refractivity contribution is 4.73. The van der Waals surface area contributed by atoms with Gasteiger partial charge in [-0.25, -0.2) is 0 Å². The van der Waals surface area contributed by atoms with E-state index in [0.29, 0.717) is 6.04 Å². The molecule has 0 radical (unpaired) electrons. The Hall–Kier alpha value is -0.0800. The summed E-state index contributed by atoms with van der Waals surface area (Å²) in [5.41, 5.74) is 0. The van der Waals surface area contributed by atoms with Crippen molar-refractivity contribution in [2.24, 2.45) is 5.92 Å². The fraction of sp³-hybridized carbons (Fsp3) is 1.00. The van der Waals surface area contributed by atoms with Crippen LogP contribution < -0.4 is 5.32 Å². The smallest absolute Gasteiger partial charge is 0.0166 e. The zero-order valence-corrected chi connectivity index (χ0v) is 12.2. The molecule has 2 heteroatoms. The molecule has 102 valence electrons. The van der Waals surface area contributed by atoms with Gasteiger partial charge in [0.05, 0.1) is 0 Å². The minimum atomic E-state index is 0.656. The molecule has 2 nitrogen and oxygen atoms in total. The van der Waals surface area contributed by atoms with Gasteiger partial charge >= 0.3 is 0 Å². The van der Waals surface area contributed by atoms with Crippen LogP contribution in [0.15, 0.2) is 0 Å². The van der Waals surface area contributed by atoms with Gasteiger partial charge in [-0.1, -0.05) is 33.1 Å². The van der Waals surface area contributed by atoms with Crippen LogP contribution in [0.4, 0.5) is 0 Å². The Labute approximate surface area is 108 Å². The second-order valence-electron chi connectivity index (χ2n) is 5.73. The third kappa shape index (κ3) is 6.42. The molecule has 0 aliphatic carbocycles. The number of unbranched alkanes of at least 4 members (excludes halogenated alkanes) is 1. The zero-order valence-electron chi connectivity index (χ0n) is 12.2. The number of hydrogen-bond donors (Lipinski definition) is 1. The van der Waals surface area contributed by atoms with E-state index >= 15 is 0 Å². The Morgan fingerprint density at radius 3 is 2.47 bits per heavy atom. The van der Waals surface area contributed by atoms with Gasteiger partial charge in [-0.2, -0.15) is 0 Å². The first kappa shape index (κ1) is 15.0. The van der Waals surface area contributed by atoms with Crippen LogP contribution in [0.5, 0.6) is 0 Å². The van der Waals surface area contributed by atoms with Gasteiger partial charge in [0.1, 0.15) is 0 Å². The fourth-order valence-corrected chi connectivity index (χ4v) is 2.73. The van der Waals surface area contributed by atoms with Crippen LogP contribution in [-0.4, -0.2) is 37.1 Å². The molecule has 1 fully saturated rings. The third-order valence-electron chi connectivity index (χ3n) is 4.03. The highest BCUT2D eigenvalue weighted by Crippen LogP contribution is 2.12. The molecule has 0 bridgehead atoms. The van der Waals surface area contributed by atoms with Gasteiger partial charge in [-0.05, 0) is 51.7 Å². The maximum atomic E-state index is 3.73. The lowest BCUT2D eigenvalue weighted by molar-refractivity contribution is 0.287. The van der Waals surface area contributed by atoms with Crippen LogP contribution >= 0.6 is 0 Å². The van der Waals surface area contributed by atoms with Crippen LogP contribution in [-0.2, 0) is 0 Å². The van der Waals surface area contributed by atoms with Crippen molar-refractivity contribution in [3.05, 3.63) is 0 Å². The van der Waals surface area contributed by atoms with Crippen molar-refractivity contribution in [2.45, 2.75) is 65.3 Å². The van der Waals surface area contributed by atoms with Crippen molar-refractivity contribution < 1.29 is 0 Å². The lowest BCUT2D eigenvalue weighted by atomic mass is 9.99. The summed E-state index contributed by atoms with van der Waals surface area (Å²) < 4.78 is 0. The Balaban J connectivity index is 2.09. The average molecular weight is 240 g/mol. The molecular formula is C15H32N2. The van der Waals surface area contributed by atoms with Crippen molar-refractivity contribution in [3.8, 4) is 0 Å². The summed E-state index contributed by atoms with van der Waals surface area (Å²) in [5.74, 6) is 0.885. The maximum Gasteiger partial charge on any atom is 0.0166 e. The Bertz CT molecular complexity index is 176. The molecule has 1 aliphatic rings. The quantitative estimate of drug-likeness (QED) is 0.665. The van der Waals surface area contributed by atoms with Gasteiger partial charge < -0.3 is 10.2 Å². The van der Waals surface area contributed by atoms with E-state index in [4.69, 9.17) is 0 Å². The molecule has 2 atom stereocenters. The largest absolute Gasteiger partial charge is 0.313 e. The first-order valence-electron chi connectivity index (χ1n) is 7.72. The highest BCUT2D eigenvalue weighted by atomic mass is 15.2. The molecule has 0 spiro atoms. The molecule has 0 saturated carbocycles. The van der Waals surface area contributed by atoms with Crippen molar-refractivity contribution in [3.63, 3.8) is 0 Å². The van der Waals surface area contributed by atoms with E-state index in [1.165, 1.54) is 64.7 Å². The molecule has 1 heterocycles. The first-order chi connectivity index (χ1) is 8.26. The van der Waals surface area contributed by atoms with Crippen molar-refractivity contribution >= 4 is 0 Å². The summed E-state index contributed by atoms with van der Waals surface area (Å²) in [7, 11) is 0. The van der Waals surface area contributed by atoms with Crippen LogP contribution in [0.2, 0.25) is 0 Å². The lowest BCUT2D eigenvalue weighted by Crippen LogP contribution is -2.40. The predicted octanol–water partition coefficient (Wildman–Crippen LogP) is 3.28. The molecule has 1 rings (SSSR count). The lowest BCUT2D eigenvalue weighted by Gasteiger charge is -2.23. The summed E-state index contributed by atoms with van der Waals surface area (Å²) in [5, 5.41) is 3.73. The second-order valence-corrected chi connectivity index (χ2v) is 5.73. The predicted molar refractivity (Wildman–Crippen MR) is 76.4 cm³/mol. The van der Waals surface area contributed by atoms with E-state index in [1.807, 2.05) is 0 Å². The standard InChI is InChI=1S/C15H32N2/c1-4-6-9-15(5-2)12-16-14(3)13-17-10-7-8-11-17/h14-16H,4-13H2,1-3H3. The van der Waals surface area contributed by atoms with Crippen LogP contribution in [0.25, 0.3) is 0 Å². The van der Waals surface area contributed by atoms with Crippen molar-refractivity contribution in [1.82, 2.24) is 10.2 Å². The number of nitrogens with zero attached hydrogens (tertiary/aromatic N) is 1. The average Bonchev–Trinajstić information content (AvgIpc) is 2.82. The summed E-state index contributed by atoms with van der Waals surface area (Å²) in [6, 6.07) is 0.656. The molecule has 0 amide bonds. The number of rotatable bonds is 9. The molecule has 1 saturated heterocycles. The Morgan fingerprint density at radius 2 is 1.88 bits per heavy atom. The minimum Gasteiger partial charge on any atom is -0.313 e. The highest BCUT2D eigenvalue weighted by Gasteiger charge is 2.15. The molecule has 2 unspecified atom stereocenters. The Kier molecular flexibility index (Phi) is 7.87. The summed E-state index contributed by atoms with van der Waals surface area (Å²) >= 11 is 0. The van der Waals surface area contributed by atoms with Crippen LogP contribution in [0, 0.1) is 5.92 Å². The van der Waals surface area contributed by atoms with Crippen LogP contribution in [0.3, 0.4) is 0 Å². The van der Waals surface area contributed by atoms with E-state index in [2.05, 4.69) is 31.0 Å². The van der Waals surface area contributed by atoms with Crippen LogP contribution in [0.1, 0.15) is 59.3 Å². The van der Waals surface area contributed by atoms with E-state index < -0.39 is 0 Å². The van der Waals surface area contributed by atoms with E-state index in [9.17, 15) is 0 Å². The molecule has 0 aromatic rings. The van der Waals surface area contributed by atoms with Gasteiger partial charge in [0.15, 0.2) is 0 Å². The molecule has 0 aromatic carbocycles. The molecule has 1 aliphatic heterocycles. The van der Waals surface area contributed by atoms with Gasteiger partial charge in [-0.3, -0.25) is 0 Å². The fourth-order valence-electron chi connectivity index (χ4n) is 2.73. The van der Waals surface area contributed by atoms with Gasteiger partial charge in [0.25, 0.3) is 0 Å². The minimum absolute atomic E-state index is 0.656. The SMILES string of the molecule is CCCCC(CC)CNC(C)CN1CCCC1. The van der Waals surface area contributed by atoms with E-state index in [-0.39, 0.29) is 0 Å². The molecule has 1 N–H and O–H groups in total. The van der Waals surface area contributed by atoms with E-state index in [0.717, 1.165) is 5.92 Å². The zero-order chi connectivity index (χ0) is 12.5.